The first-order valence-electron chi connectivity index (χ1n) is 5.87. The van der Waals surface area contributed by atoms with Crippen LogP contribution in [0.4, 0.5) is 0 Å². The second-order valence-electron chi connectivity index (χ2n) is 4.34. The van der Waals surface area contributed by atoms with Crippen LogP contribution in [0.25, 0.3) is 0 Å². The Morgan fingerprint density at radius 3 is 2.88 bits per heavy atom. The second-order valence-corrected chi connectivity index (χ2v) is 4.34. The normalized spacial score (nSPS) is 17.5. The summed E-state index contributed by atoms with van der Waals surface area (Å²) in [6.07, 6.45) is 8.49. The zero-order valence-electron chi connectivity index (χ0n) is 9.30. The fraction of sp³-hybridized carbons (Fsp3) is 0.727. The molecule has 0 amide bonds. The molecule has 0 unspecified atom stereocenters. The zero-order valence-corrected chi connectivity index (χ0v) is 9.30. The summed E-state index contributed by atoms with van der Waals surface area (Å²) in [6, 6.07) is 0.479. The predicted molar refractivity (Wildman–Crippen MR) is 58.1 cm³/mol. The van der Waals surface area contributed by atoms with E-state index in [2.05, 4.69) is 14.8 Å². The number of hydrogen-bond acceptors (Lipinski definition) is 3. The molecule has 0 aromatic carbocycles. The van der Waals surface area contributed by atoms with Gasteiger partial charge in [-0.3, -0.25) is 4.79 Å². The maximum absolute atomic E-state index is 10.5. The van der Waals surface area contributed by atoms with Gasteiger partial charge in [0, 0.05) is 12.5 Å². The van der Waals surface area contributed by atoms with Crippen molar-refractivity contribution >= 4 is 5.97 Å². The summed E-state index contributed by atoms with van der Waals surface area (Å²) >= 11 is 0. The fourth-order valence-electron chi connectivity index (χ4n) is 2.33. The maximum atomic E-state index is 10.5. The number of carboxylic acids is 1. The number of aryl methyl sites for hydroxylation is 1. The van der Waals surface area contributed by atoms with Crippen molar-refractivity contribution in [3.05, 3.63) is 12.2 Å². The Hall–Kier alpha value is -1.39. The van der Waals surface area contributed by atoms with Crippen LogP contribution in [0.3, 0.4) is 0 Å². The largest absolute Gasteiger partial charge is 0.481 e. The second kappa shape index (κ2) is 5.09. The smallest absolute Gasteiger partial charge is 0.303 e. The molecule has 0 radical (unpaired) electrons. The van der Waals surface area contributed by atoms with Crippen LogP contribution in [0, 0.1) is 0 Å². The van der Waals surface area contributed by atoms with E-state index in [4.69, 9.17) is 5.11 Å². The molecule has 5 heteroatoms. The molecule has 0 bridgehead atoms. The van der Waals surface area contributed by atoms with Crippen LogP contribution in [0.1, 0.15) is 50.4 Å². The number of hydrogen-bond donors (Lipinski definition) is 1. The van der Waals surface area contributed by atoms with E-state index in [1.807, 2.05) is 0 Å². The van der Waals surface area contributed by atoms with Gasteiger partial charge in [0.1, 0.15) is 12.2 Å². The molecule has 1 heterocycles. The Morgan fingerprint density at radius 1 is 1.44 bits per heavy atom. The van der Waals surface area contributed by atoms with Crippen molar-refractivity contribution in [1.82, 2.24) is 14.8 Å². The van der Waals surface area contributed by atoms with Gasteiger partial charge >= 0.3 is 5.97 Å². The Labute approximate surface area is 94.5 Å². The summed E-state index contributed by atoms with van der Waals surface area (Å²) in [5.41, 5.74) is 0. The average molecular weight is 223 g/mol. The number of aromatic nitrogens is 3. The van der Waals surface area contributed by atoms with E-state index in [-0.39, 0.29) is 6.42 Å². The number of nitrogens with zero attached hydrogens (tertiary/aromatic N) is 3. The molecule has 2 rings (SSSR count). The van der Waals surface area contributed by atoms with E-state index in [9.17, 15) is 4.79 Å². The summed E-state index contributed by atoms with van der Waals surface area (Å²) in [7, 11) is 0. The van der Waals surface area contributed by atoms with Gasteiger partial charge in [0.15, 0.2) is 0 Å². The third-order valence-corrected chi connectivity index (χ3v) is 3.18. The first-order valence-corrected chi connectivity index (χ1v) is 5.87. The van der Waals surface area contributed by atoms with Crippen molar-refractivity contribution in [3.63, 3.8) is 0 Å². The summed E-state index contributed by atoms with van der Waals surface area (Å²) in [5.74, 6) is 0.0347. The molecule has 0 saturated heterocycles. The molecule has 5 nitrogen and oxygen atoms in total. The van der Waals surface area contributed by atoms with Crippen LogP contribution in [0.5, 0.6) is 0 Å². The van der Waals surface area contributed by atoms with Gasteiger partial charge in [-0.25, -0.2) is 0 Å². The highest BCUT2D eigenvalue weighted by Gasteiger charge is 2.18. The molecule has 0 spiro atoms. The topological polar surface area (TPSA) is 68.0 Å². The van der Waals surface area contributed by atoms with E-state index in [0.29, 0.717) is 12.5 Å². The highest BCUT2D eigenvalue weighted by molar-refractivity contribution is 5.66. The SMILES string of the molecule is O=C(O)CCc1nncn1C1CCCCC1. The van der Waals surface area contributed by atoms with Gasteiger partial charge in [0.25, 0.3) is 0 Å². The minimum atomic E-state index is -0.779. The van der Waals surface area contributed by atoms with E-state index < -0.39 is 5.97 Å². The highest BCUT2D eigenvalue weighted by Crippen LogP contribution is 2.28. The standard InChI is InChI=1S/C11H17N3O2/c15-11(16)7-6-10-13-12-8-14(10)9-4-2-1-3-5-9/h8-9H,1-7H2,(H,15,16). The minimum Gasteiger partial charge on any atom is -0.481 e. The Kier molecular flexibility index (Phi) is 3.54. The van der Waals surface area contributed by atoms with Gasteiger partial charge in [0.05, 0.1) is 6.42 Å². The van der Waals surface area contributed by atoms with Crippen molar-refractivity contribution in [2.24, 2.45) is 0 Å². The van der Waals surface area contributed by atoms with Crippen molar-refractivity contribution < 1.29 is 9.90 Å². The average Bonchev–Trinajstić information content (AvgIpc) is 2.75. The van der Waals surface area contributed by atoms with Crippen molar-refractivity contribution in [2.45, 2.75) is 51.0 Å². The van der Waals surface area contributed by atoms with Crippen LogP contribution < -0.4 is 0 Å². The van der Waals surface area contributed by atoms with Gasteiger partial charge < -0.3 is 9.67 Å². The van der Waals surface area contributed by atoms with Gasteiger partial charge in [-0.2, -0.15) is 0 Å². The molecule has 1 aromatic rings. The quantitative estimate of drug-likeness (QED) is 0.845. The number of aliphatic carboxylic acids is 1. The maximum Gasteiger partial charge on any atom is 0.303 e. The van der Waals surface area contributed by atoms with Gasteiger partial charge in [-0.15, -0.1) is 10.2 Å². The number of rotatable bonds is 4. The molecule has 0 aliphatic heterocycles. The van der Waals surface area contributed by atoms with Crippen molar-refractivity contribution in [2.75, 3.05) is 0 Å². The molecule has 0 atom stereocenters. The number of carbonyl (C=O) groups is 1. The minimum absolute atomic E-state index is 0.130. The lowest BCUT2D eigenvalue weighted by molar-refractivity contribution is -0.137. The van der Waals surface area contributed by atoms with Crippen LogP contribution in [-0.2, 0) is 11.2 Å². The lowest BCUT2D eigenvalue weighted by Crippen LogP contribution is -2.15. The monoisotopic (exact) mass is 223 g/mol. The first-order chi connectivity index (χ1) is 7.77. The highest BCUT2D eigenvalue weighted by atomic mass is 16.4. The molecule has 1 fully saturated rings. The van der Waals surface area contributed by atoms with Crippen molar-refractivity contribution in [1.29, 1.82) is 0 Å². The van der Waals surface area contributed by atoms with E-state index >= 15 is 0 Å². The summed E-state index contributed by atoms with van der Waals surface area (Å²) in [4.78, 5) is 10.5. The van der Waals surface area contributed by atoms with Crippen LogP contribution >= 0.6 is 0 Å². The van der Waals surface area contributed by atoms with Gasteiger partial charge in [-0.1, -0.05) is 19.3 Å². The first kappa shape index (κ1) is 11.1. The van der Waals surface area contributed by atoms with E-state index in [1.165, 1.54) is 19.3 Å². The summed E-state index contributed by atoms with van der Waals surface area (Å²) in [5, 5.41) is 16.6. The van der Waals surface area contributed by atoms with Crippen LogP contribution in [-0.4, -0.2) is 25.8 Å². The predicted octanol–water partition coefficient (Wildman–Crippen LogP) is 1.80. The molecule has 1 saturated carbocycles. The van der Waals surface area contributed by atoms with E-state index in [0.717, 1.165) is 18.7 Å². The van der Waals surface area contributed by atoms with Crippen LogP contribution in [0.2, 0.25) is 0 Å². The molecular formula is C11H17N3O2. The zero-order chi connectivity index (χ0) is 11.4. The van der Waals surface area contributed by atoms with E-state index in [1.54, 1.807) is 6.33 Å². The molecule has 1 aliphatic carbocycles. The lowest BCUT2D eigenvalue weighted by Gasteiger charge is -2.23. The number of carboxylic acid groups (broad SMARTS) is 1. The Bertz CT molecular complexity index is 356. The lowest BCUT2D eigenvalue weighted by atomic mass is 9.95. The van der Waals surface area contributed by atoms with Gasteiger partial charge in [0.2, 0.25) is 0 Å². The third kappa shape index (κ3) is 2.59. The Balaban J connectivity index is 2.02. The molecule has 88 valence electrons. The Morgan fingerprint density at radius 2 is 2.19 bits per heavy atom. The molecule has 1 aromatic heterocycles. The molecule has 1 N–H and O–H groups in total. The van der Waals surface area contributed by atoms with Gasteiger partial charge in [-0.05, 0) is 12.8 Å². The summed E-state index contributed by atoms with van der Waals surface area (Å²) < 4.78 is 2.07. The molecular weight excluding hydrogens is 206 g/mol. The molecule has 16 heavy (non-hydrogen) atoms. The van der Waals surface area contributed by atoms with Crippen LogP contribution in [0.15, 0.2) is 6.33 Å². The third-order valence-electron chi connectivity index (χ3n) is 3.18. The molecule has 1 aliphatic rings. The fourth-order valence-corrected chi connectivity index (χ4v) is 2.33. The summed E-state index contributed by atoms with van der Waals surface area (Å²) in [6.45, 7) is 0. The van der Waals surface area contributed by atoms with Crippen molar-refractivity contribution in [3.8, 4) is 0 Å².